The number of amides is 2. The minimum absolute atomic E-state index is 0.0113. The van der Waals surface area contributed by atoms with Crippen molar-refractivity contribution in [1.29, 1.82) is 0 Å². The molecule has 2 atom stereocenters. The average molecular weight is 324 g/mol. The van der Waals surface area contributed by atoms with Gasteiger partial charge in [0, 0.05) is 18.3 Å². The second-order valence-electron chi connectivity index (χ2n) is 6.02. The molecule has 0 aromatic heterocycles. The molecule has 2 unspecified atom stereocenters. The van der Waals surface area contributed by atoms with Crippen molar-refractivity contribution in [2.45, 2.75) is 33.1 Å². The van der Waals surface area contributed by atoms with Crippen molar-refractivity contribution in [3.8, 4) is 0 Å². The maximum Gasteiger partial charge on any atom is 0.232 e. The molecule has 2 N–H and O–H groups in total. The lowest BCUT2D eigenvalue weighted by Crippen LogP contribution is -2.26. The third kappa shape index (κ3) is 4.69. The first-order chi connectivity index (χ1) is 11.5. The van der Waals surface area contributed by atoms with Crippen LogP contribution in [0.15, 0.2) is 54.6 Å². The van der Waals surface area contributed by atoms with Gasteiger partial charge in [-0.05, 0) is 35.7 Å². The highest BCUT2D eigenvalue weighted by atomic mass is 16.2. The Kier molecular flexibility index (Phi) is 6.13. The monoisotopic (exact) mass is 324 g/mol. The molecule has 24 heavy (non-hydrogen) atoms. The largest absolute Gasteiger partial charge is 0.326 e. The van der Waals surface area contributed by atoms with Crippen molar-refractivity contribution < 1.29 is 9.59 Å². The van der Waals surface area contributed by atoms with Gasteiger partial charge in [0.1, 0.15) is 0 Å². The summed E-state index contributed by atoms with van der Waals surface area (Å²) in [4.78, 5) is 23.8. The molecule has 4 heteroatoms. The average Bonchev–Trinajstić information content (AvgIpc) is 2.57. The molecule has 0 fully saturated rings. The molecule has 2 aromatic rings. The fourth-order valence-corrected chi connectivity index (χ4v) is 2.69. The number of hydrogen-bond acceptors (Lipinski definition) is 2. The van der Waals surface area contributed by atoms with E-state index >= 15 is 0 Å². The summed E-state index contributed by atoms with van der Waals surface area (Å²) in [6.07, 6.45) is 0.925. The molecule has 126 valence electrons. The second kappa shape index (κ2) is 8.29. The fraction of sp³-hybridized carbons (Fsp3) is 0.300. The number of rotatable bonds is 6. The lowest BCUT2D eigenvalue weighted by molar-refractivity contribution is -0.118. The quantitative estimate of drug-likeness (QED) is 0.826. The SMILES string of the molecule is CCC(C)C(C(=O)Nc1ccc(NC(C)=O)cc1)c1ccccc1. The molecular weight excluding hydrogens is 300 g/mol. The Labute approximate surface area is 143 Å². The molecule has 0 saturated carbocycles. The van der Waals surface area contributed by atoms with E-state index in [2.05, 4.69) is 24.5 Å². The van der Waals surface area contributed by atoms with Crippen LogP contribution < -0.4 is 10.6 Å². The second-order valence-corrected chi connectivity index (χ2v) is 6.02. The van der Waals surface area contributed by atoms with E-state index in [1.54, 1.807) is 24.3 Å². The van der Waals surface area contributed by atoms with E-state index < -0.39 is 0 Å². The number of nitrogens with one attached hydrogen (secondary N) is 2. The normalized spacial score (nSPS) is 13.0. The summed E-state index contributed by atoms with van der Waals surface area (Å²) in [7, 11) is 0. The van der Waals surface area contributed by atoms with E-state index in [9.17, 15) is 9.59 Å². The van der Waals surface area contributed by atoms with Crippen LogP contribution in [-0.2, 0) is 9.59 Å². The summed E-state index contributed by atoms with van der Waals surface area (Å²) in [5.41, 5.74) is 2.46. The van der Waals surface area contributed by atoms with Gasteiger partial charge in [-0.2, -0.15) is 0 Å². The van der Waals surface area contributed by atoms with E-state index in [-0.39, 0.29) is 23.7 Å². The predicted molar refractivity (Wildman–Crippen MR) is 98.0 cm³/mol. The molecule has 0 bridgehead atoms. The highest BCUT2D eigenvalue weighted by Crippen LogP contribution is 2.28. The van der Waals surface area contributed by atoms with Gasteiger partial charge in [-0.15, -0.1) is 0 Å². The summed E-state index contributed by atoms with van der Waals surface area (Å²) in [6, 6.07) is 17.0. The zero-order chi connectivity index (χ0) is 17.5. The van der Waals surface area contributed by atoms with Crippen molar-refractivity contribution in [3.05, 3.63) is 60.2 Å². The van der Waals surface area contributed by atoms with Gasteiger partial charge in [0.15, 0.2) is 0 Å². The van der Waals surface area contributed by atoms with Crippen LogP contribution in [-0.4, -0.2) is 11.8 Å². The van der Waals surface area contributed by atoms with Gasteiger partial charge in [-0.3, -0.25) is 9.59 Å². The van der Waals surface area contributed by atoms with Gasteiger partial charge < -0.3 is 10.6 Å². The molecule has 2 aromatic carbocycles. The Morgan fingerprint density at radius 1 is 0.917 bits per heavy atom. The first-order valence-corrected chi connectivity index (χ1v) is 8.24. The van der Waals surface area contributed by atoms with Crippen molar-refractivity contribution >= 4 is 23.2 Å². The predicted octanol–water partition coefficient (Wildman–Crippen LogP) is 4.41. The van der Waals surface area contributed by atoms with E-state index in [1.807, 2.05) is 30.3 Å². The molecule has 4 nitrogen and oxygen atoms in total. The number of anilines is 2. The molecular formula is C20H24N2O2. The fourth-order valence-electron chi connectivity index (χ4n) is 2.69. The van der Waals surface area contributed by atoms with Crippen LogP contribution in [0.1, 0.15) is 38.7 Å². The highest BCUT2D eigenvalue weighted by Gasteiger charge is 2.25. The summed E-state index contributed by atoms with van der Waals surface area (Å²) >= 11 is 0. The maximum atomic E-state index is 12.8. The molecule has 2 amide bonds. The van der Waals surface area contributed by atoms with E-state index in [0.29, 0.717) is 5.69 Å². The molecule has 2 rings (SSSR count). The summed E-state index contributed by atoms with van der Waals surface area (Å²) in [5, 5.41) is 5.69. The first kappa shape index (κ1) is 17.7. The van der Waals surface area contributed by atoms with Crippen LogP contribution >= 0.6 is 0 Å². The third-order valence-corrected chi connectivity index (χ3v) is 4.13. The van der Waals surface area contributed by atoms with Gasteiger partial charge in [0.2, 0.25) is 11.8 Å². The van der Waals surface area contributed by atoms with Gasteiger partial charge in [0.25, 0.3) is 0 Å². The first-order valence-electron chi connectivity index (χ1n) is 8.24. The molecule has 0 radical (unpaired) electrons. The number of carbonyl (C=O) groups excluding carboxylic acids is 2. The zero-order valence-corrected chi connectivity index (χ0v) is 14.4. The van der Waals surface area contributed by atoms with Crippen LogP contribution in [0, 0.1) is 5.92 Å². The minimum atomic E-state index is -0.189. The summed E-state index contributed by atoms with van der Waals surface area (Å²) in [6.45, 7) is 5.65. The lowest BCUT2D eigenvalue weighted by atomic mass is 9.85. The van der Waals surface area contributed by atoms with Gasteiger partial charge in [-0.1, -0.05) is 50.6 Å². The van der Waals surface area contributed by atoms with E-state index in [0.717, 1.165) is 17.7 Å². The standard InChI is InChI=1S/C20H24N2O2/c1-4-14(2)19(16-8-6-5-7-9-16)20(24)22-18-12-10-17(11-13-18)21-15(3)23/h5-14,19H,4H2,1-3H3,(H,21,23)(H,22,24). The number of hydrogen-bond donors (Lipinski definition) is 2. The van der Waals surface area contributed by atoms with Crippen molar-refractivity contribution in [2.24, 2.45) is 5.92 Å². The van der Waals surface area contributed by atoms with Crippen LogP contribution in [0.3, 0.4) is 0 Å². The molecule has 0 aliphatic heterocycles. The smallest absolute Gasteiger partial charge is 0.232 e. The van der Waals surface area contributed by atoms with Gasteiger partial charge in [0.05, 0.1) is 5.92 Å². The van der Waals surface area contributed by atoms with Crippen LogP contribution in [0.5, 0.6) is 0 Å². The Morgan fingerprint density at radius 3 is 1.96 bits per heavy atom. The molecule has 0 heterocycles. The lowest BCUT2D eigenvalue weighted by Gasteiger charge is -2.23. The number of benzene rings is 2. The third-order valence-electron chi connectivity index (χ3n) is 4.13. The molecule has 0 spiro atoms. The maximum absolute atomic E-state index is 12.8. The van der Waals surface area contributed by atoms with Crippen LogP contribution in [0.2, 0.25) is 0 Å². The van der Waals surface area contributed by atoms with Gasteiger partial charge in [-0.25, -0.2) is 0 Å². The molecule has 0 saturated heterocycles. The van der Waals surface area contributed by atoms with Crippen LogP contribution in [0.25, 0.3) is 0 Å². The van der Waals surface area contributed by atoms with Crippen LogP contribution in [0.4, 0.5) is 11.4 Å². The Hall–Kier alpha value is -2.62. The zero-order valence-electron chi connectivity index (χ0n) is 14.4. The van der Waals surface area contributed by atoms with Crippen molar-refractivity contribution in [2.75, 3.05) is 10.6 Å². The molecule has 0 aliphatic carbocycles. The molecule has 0 aliphatic rings. The minimum Gasteiger partial charge on any atom is -0.326 e. The van der Waals surface area contributed by atoms with E-state index in [4.69, 9.17) is 0 Å². The van der Waals surface area contributed by atoms with Crippen molar-refractivity contribution in [3.63, 3.8) is 0 Å². The Morgan fingerprint density at radius 2 is 1.46 bits per heavy atom. The Bertz CT molecular complexity index is 681. The summed E-state index contributed by atoms with van der Waals surface area (Å²) in [5.74, 6) is -0.0761. The highest BCUT2D eigenvalue weighted by molar-refractivity contribution is 5.96. The van der Waals surface area contributed by atoms with Crippen molar-refractivity contribution in [1.82, 2.24) is 0 Å². The van der Waals surface area contributed by atoms with Gasteiger partial charge >= 0.3 is 0 Å². The van der Waals surface area contributed by atoms with E-state index in [1.165, 1.54) is 6.92 Å². The Balaban J connectivity index is 2.14. The topological polar surface area (TPSA) is 58.2 Å². The number of carbonyl (C=O) groups is 2. The summed E-state index contributed by atoms with van der Waals surface area (Å²) < 4.78 is 0.